The Kier molecular flexibility index (Phi) is 6.92. The van der Waals surface area contributed by atoms with Crippen LogP contribution in [-0.4, -0.2) is 28.5 Å². The number of anilines is 3. The van der Waals surface area contributed by atoms with E-state index in [0.717, 1.165) is 27.2 Å². The SMILES string of the molecule is CC(=O)Nc1cccc(Nc2nnc(SCCOc3cccc(Cl)c3)s2)c1. The maximum absolute atomic E-state index is 11.1. The Morgan fingerprint density at radius 1 is 1.19 bits per heavy atom. The van der Waals surface area contributed by atoms with Crippen LogP contribution in [0.2, 0.25) is 5.02 Å². The molecule has 0 radical (unpaired) electrons. The monoisotopic (exact) mass is 420 g/mol. The maximum Gasteiger partial charge on any atom is 0.221 e. The summed E-state index contributed by atoms with van der Waals surface area (Å²) in [5.41, 5.74) is 1.56. The number of thioether (sulfide) groups is 1. The lowest BCUT2D eigenvalue weighted by atomic mass is 10.3. The molecule has 2 N–H and O–H groups in total. The van der Waals surface area contributed by atoms with E-state index in [1.807, 2.05) is 42.5 Å². The summed E-state index contributed by atoms with van der Waals surface area (Å²) >= 11 is 8.97. The van der Waals surface area contributed by atoms with E-state index in [9.17, 15) is 4.79 Å². The highest BCUT2D eigenvalue weighted by Gasteiger charge is 2.06. The summed E-state index contributed by atoms with van der Waals surface area (Å²) in [6, 6.07) is 14.8. The van der Waals surface area contributed by atoms with Gasteiger partial charge in [-0.2, -0.15) is 0 Å². The number of rotatable bonds is 8. The van der Waals surface area contributed by atoms with Crippen LogP contribution < -0.4 is 15.4 Å². The Morgan fingerprint density at radius 3 is 2.81 bits per heavy atom. The van der Waals surface area contributed by atoms with Gasteiger partial charge in [0, 0.05) is 29.1 Å². The highest BCUT2D eigenvalue weighted by Crippen LogP contribution is 2.28. The molecule has 6 nitrogen and oxygen atoms in total. The molecule has 0 saturated heterocycles. The lowest BCUT2D eigenvalue weighted by molar-refractivity contribution is -0.114. The second-order valence-corrected chi connectivity index (χ2v) is 8.17. The molecule has 27 heavy (non-hydrogen) atoms. The molecule has 0 spiro atoms. The van der Waals surface area contributed by atoms with E-state index in [0.29, 0.717) is 16.8 Å². The van der Waals surface area contributed by atoms with Crippen LogP contribution in [0, 0.1) is 0 Å². The number of carbonyl (C=O) groups excluding carboxylic acids is 1. The standard InChI is InChI=1S/C18H17ClN4O2S2/c1-12(24)20-14-5-3-6-15(11-14)21-17-22-23-18(27-17)26-9-8-25-16-7-2-4-13(19)10-16/h2-7,10-11H,8-9H2,1H3,(H,20,24)(H,21,22). The van der Waals surface area contributed by atoms with Crippen LogP contribution in [0.5, 0.6) is 5.75 Å². The van der Waals surface area contributed by atoms with Crippen molar-refractivity contribution in [2.45, 2.75) is 11.3 Å². The number of amides is 1. The van der Waals surface area contributed by atoms with Crippen LogP contribution in [0.1, 0.15) is 6.92 Å². The third-order valence-corrected chi connectivity index (χ3v) is 5.39. The van der Waals surface area contributed by atoms with Gasteiger partial charge < -0.3 is 15.4 Å². The van der Waals surface area contributed by atoms with Crippen LogP contribution in [0.25, 0.3) is 0 Å². The molecule has 0 atom stereocenters. The first-order chi connectivity index (χ1) is 13.1. The van der Waals surface area contributed by atoms with E-state index in [1.165, 1.54) is 18.3 Å². The van der Waals surface area contributed by atoms with E-state index in [-0.39, 0.29) is 5.91 Å². The number of hydrogen-bond acceptors (Lipinski definition) is 7. The van der Waals surface area contributed by atoms with Crippen molar-refractivity contribution in [2.24, 2.45) is 0 Å². The summed E-state index contributed by atoms with van der Waals surface area (Å²) in [6.45, 7) is 2.02. The Labute approximate surface area is 170 Å². The van der Waals surface area contributed by atoms with Crippen LogP contribution in [0.15, 0.2) is 52.9 Å². The van der Waals surface area contributed by atoms with Crippen LogP contribution >= 0.6 is 34.7 Å². The molecule has 9 heteroatoms. The van der Waals surface area contributed by atoms with Gasteiger partial charge in [0.15, 0.2) is 4.34 Å². The number of halogens is 1. The van der Waals surface area contributed by atoms with Crippen molar-refractivity contribution in [2.75, 3.05) is 23.0 Å². The molecule has 1 amide bonds. The van der Waals surface area contributed by atoms with Crippen LogP contribution in [0.3, 0.4) is 0 Å². The molecule has 0 fully saturated rings. The second kappa shape index (κ2) is 9.59. The fourth-order valence-corrected chi connectivity index (χ4v) is 4.01. The molecule has 1 heterocycles. The lowest BCUT2D eigenvalue weighted by Crippen LogP contribution is -2.05. The van der Waals surface area contributed by atoms with Gasteiger partial charge in [0.1, 0.15) is 5.75 Å². The summed E-state index contributed by atoms with van der Waals surface area (Å²) in [5, 5.41) is 15.6. The quantitative estimate of drug-likeness (QED) is 0.391. The molecule has 3 aromatic rings. The Morgan fingerprint density at radius 2 is 2.00 bits per heavy atom. The topological polar surface area (TPSA) is 76.1 Å². The molecule has 1 aromatic heterocycles. The molecule has 0 bridgehead atoms. The first-order valence-corrected chi connectivity index (χ1v) is 10.3. The zero-order valence-corrected chi connectivity index (χ0v) is 16.8. The van der Waals surface area contributed by atoms with Crippen molar-refractivity contribution in [3.63, 3.8) is 0 Å². The van der Waals surface area contributed by atoms with Crippen molar-refractivity contribution in [1.29, 1.82) is 0 Å². The number of nitrogens with one attached hydrogen (secondary N) is 2. The molecule has 0 aliphatic rings. The average Bonchev–Trinajstić information content (AvgIpc) is 3.06. The number of ether oxygens (including phenoxy) is 1. The van der Waals surface area contributed by atoms with Gasteiger partial charge in [0.25, 0.3) is 0 Å². The summed E-state index contributed by atoms with van der Waals surface area (Å²) in [7, 11) is 0. The fraction of sp³-hybridized carbons (Fsp3) is 0.167. The van der Waals surface area contributed by atoms with E-state index in [2.05, 4.69) is 20.8 Å². The molecule has 140 valence electrons. The lowest BCUT2D eigenvalue weighted by Gasteiger charge is -2.06. The normalized spacial score (nSPS) is 10.4. The van der Waals surface area contributed by atoms with Crippen molar-refractivity contribution in [3.05, 3.63) is 53.6 Å². The predicted octanol–water partition coefficient (Wildman–Crippen LogP) is 5.06. The van der Waals surface area contributed by atoms with Crippen LogP contribution in [-0.2, 0) is 4.79 Å². The number of hydrogen-bond donors (Lipinski definition) is 2. The molecular weight excluding hydrogens is 404 g/mol. The van der Waals surface area contributed by atoms with Crippen LogP contribution in [0.4, 0.5) is 16.5 Å². The third kappa shape index (κ3) is 6.42. The molecule has 0 aliphatic carbocycles. The first-order valence-electron chi connectivity index (χ1n) is 8.08. The van der Waals surface area contributed by atoms with Gasteiger partial charge in [-0.15, -0.1) is 10.2 Å². The van der Waals surface area contributed by atoms with Crippen molar-refractivity contribution in [3.8, 4) is 5.75 Å². The molecule has 3 rings (SSSR count). The van der Waals surface area contributed by atoms with Crippen molar-refractivity contribution in [1.82, 2.24) is 10.2 Å². The highest BCUT2D eigenvalue weighted by molar-refractivity contribution is 8.01. The van der Waals surface area contributed by atoms with Crippen molar-refractivity contribution < 1.29 is 9.53 Å². The second-order valence-electron chi connectivity index (χ2n) is 5.41. The van der Waals surface area contributed by atoms with Crippen molar-refractivity contribution >= 4 is 57.1 Å². The zero-order valence-electron chi connectivity index (χ0n) is 14.4. The minimum Gasteiger partial charge on any atom is -0.493 e. The van der Waals surface area contributed by atoms with Gasteiger partial charge in [-0.1, -0.05) is 46.8 Å². The zero-order chi connectivity index (χ0) is 19.1. The molecule has 0 unspecified atom stereocenters. The molecular formula is C18H17ClN4O2S2. The van der Waals surface area contributed by atoms with E-state index in [4.69, 9.17) is 16.3 Å². The molecule has 2 aromatic carbocycles. The summed E-state index contributed by atoms with van der Waals surface area (Å²) in [6.07, 6.45) is 0. The summed E-state index contributed by atoms with van der Waals surface area (Å²) < 4.78 is 6.51. The predicted molar refractivity (Wildman–Crippen MR) is 112 cm³/mol. The number of aromatic nitrogens is 2. The Bertz CT molecular complexity index is 920. The van der Waals surface area contributed by atoms with Gasteiger partial charge >= 0.3 is 0 Å². The molecule has 0 aliphatic heterocycles. The van der Waals surface area contributed by atoms with E-state index < -0.39 is 0 Å². The largest absolute Gasteiger partial charge is 0.493 e. The summed E-state index contributed by atoms with van der Waals surface area (Å²) in [5.74, 6) is 1.39. The number of nitrogens with zero attached hydrogens (tertiary/aromatic N) is 2. The smallest absolute Gasteiger partial charge is 0.221 e. The minimum atomic E-state index is -0.109. The van der Waals surface area contributed by atoms with E-state index >= 15 is 0 Å². The molecule has 0 saturated carbocycles. The first kappa shape index (κ1) is 19.5. The third-order valence-electron chi connectivity index (χ3n) is 3.21. The van der Waals surface area contributed by atoms with Gasteiger partial charge in [0.05, 0.1) is 6.61 Å². The Balaban J connectivity index is 1.48. The average molecular weight is 421 g/mol. The van der Waals surface area contributed by atoms with Gasteiger partial charge in [-0.25, -0.2) is 0 Å². The minimum absolute atomic E-state index is 0.109. The number of benzene rings is 2. The number of carbonyl (C=O) groups is 1. The van der Waals surface area contributed by atoms with Gasteiger partial charge in [-0.05, 0) is 36.4 Å². The van der Waals surface area contributed by atoms with E-state index in [1.54, 1.807) is 17.8 Å². The van der Waals surface area contributed by atoms with Gasteiger partial charge in [0.2, 0.25) is 11.0 Å². The summed E-state index contributed by atoms with van der Waals surface area (Å²) in [4.78, 5) is 11.1. The fourth-order valence-electron chi connectivity index (χ4n) is 2.17. The Hall–Kier alpha value is -2.29. The van der Waals surface area contributed by atoms with Gasteiger partial charge in [-0.3, -0.25) is 4.79 Å². The maximum atomic E-state index is 11.1. The highest BCUT2D eigenvalue weighted by atomic mass is 35.5.